The van der Waals surface area contributed by atoms with Gasteiger partial charge in [-0.2, -0.15) is 0 Å². The molecule has 1 aliphatic carbocycles. The zero-order chi connectivity index (χ0) is 14.8. The van der Waals surface area contributed by atoms with Crippen molar-refractivity contribution in [2.45, 2.75) is 48.7 Å². The molecule has 1 saturated carbocycles. The predicted molar refractivity (Wildman–Crippen MR) is 77.6 cm³/mol. The standard InChI is InChI=1S/C14H16N4O2S/c1-9-8-11(6-7-12(9)13(19)20)21-14-15-16-17-18(14)10-4-2-3-5-10/h6-8,10H,2-5H2,1H3,(H,19,20). The lowest BCUT2D eigenvalue weighted by molar-refractivity contribution is 0.0696. The number of hydrogen-bond donors (Lipinski definition) is 1. The highest BCUT2D eigenvalue weighted by atomic mass is 32.2. The second kappa shape index (κ2) is 5.85. The van der Waals surface area contributed by atoms with Gasteiger partial charge in [-0.15, -0.1) is 5.10 Å². The minimum atomic E-state index is -0.903. The highest BCUT2D eigenvalue weighted by molar-refractivity contribution is 7.99. The topological polar surface area (TPSA) is 80.9 Å². The molecule has 2 aromatic rings. The number of benzene rings is 1. The number of aromatic nitrogens is 4. The average molecular weight is 304 g/mol. The largest absolute Gasteiger partial charge is 0.478 e. The van der Waals surface area contributed by atoms with Gasteiger partial charge in [0.1, 0.15) is 0 Å². The monoisotopic (exact) mass is 304 g/mol. The molecule has 1 aromatic carbocycles. The third-order valence-electron chi connectivity index (χ3n) is 3.77. The molecule has 0 amide bonds. The summed E-state index contributed by atoms with van der Waals surface area (Å²) < 4.78 is 1.90. The van der Waals surface area contributed by atoms with Gasteiger partial charge in [0.05, 0.1) is 11.6 Å². The lowest BCUT2D eigenvalue weighted by Gasteiger charge is -2.11. The molecule has 1 aromatic heterocycles. The molecule has 3 rings (SSSR count). The summed E-state index contributed by atoms with van der Waals surface area (Å²) in [5.41, 5.74) is 1.07. The van der Waals surface area contributed by atoms with Gasteiger partial charge >= 0.3 is 5.97 Å². The highest BCUT2D eigenvalue weighted by Gasteiger charge is 2.22. The molecule has 1 aliphatic rings. The maximum absolute atomic E-state index is 11.0. The molecule has 0 radical (unpaired) electrons. The predicted octanol–water partition coefficient (Wildman–Crippen LogP) is 2.95. The first-order valence-electron chi connectivity index (χ1n) is 6.95. The van der Waals surface area contributed by atoms with E-state index in [4.69, 9.17) is 5.11 Å². The molecule has 0 aliphatic heterocycles. The molecule has 1 fully saturated rings. The van der Waals surface area contributed by atoms with Gasteiger partial charge in [0.2, 0.25) is 5.16 Å². The number of carboxylic acids is 1. The minimum Gasteiger partial charge on any atom is -0.478 e. The molecule has 0 unspecified atom stereocenters. The molecule has 110 valence electrons. The number of aryl methyl sites for hydroxylation is 1. The first-order chi connectivity index (χ1) is 10.1. The van der Waals surface area contributed by atoms with Crippen molar-refractivity contribution in [1.82, 2.24) is 20.2 Å². The Hall–Kier alpha value is -1.89. The Labute approximate surface area is 126 Å². The number of hydrogen-bond acceptors (Lipinski definition) is 5. The van der Waals surface area contributed by atoms with Crippen molar-refractivity contribution in [3.63, 3.8) is 0 Å². The summed E-state index contributed by atoms with van der Waals surface area (Å²) in [6, 6.07) is 5.68. The molecular weight excluding hydrogens is 288 g/mol. The van der Waals surface area contributed by atoms with Gasteiger partial charge in [0, 0.05) is 4.90 Å². The van der Waals surface area contributed by atoms with Crippen LogP contribution in [0.4, 0.5) is 0 Å². The fourth-order valence-corrected chi connectivity index (χ4v) is 3.61. The van der Waals surface area contributed by atoms with Gasteiger partial charge < -0.3 is 5.11 Å². The number of carboxylic acid groups (broad SMARTS) is 1. The van der Waals surface area contributed by atoms with Crippen LogP contribution in [-0.4, -0.2) is 31.3 Å². The van der Waals surface area contributed by atoms with Crippen molar-refractivity contribution < 1.29 is 9.90 Å². The molecule has 0 spiro atoms. The van der Waals surface area contributed by atoms with Crippen LogP contribution in [0.25, 0.3) is 0 Å². The maximum atomic E-state index is 11.0. The molecule has 7 heteroatoms. The lowest BCUT2D eigenvalue weighted by atomic mass is 10.1. The summed E-state index contributed by atoms with van der Waals surface area (Å²) in [6.45, 7) is 1.80. The van der Waals surface area contributed by atoms with Crippen LogP contribution in [0.5, 0.6) is 0 Å². The van der Waals surface area contributed by atoms with Gasteiger partial charge in [-0.3, -0.25) is 0 Å². The Bertz CT molecular complexity index is 665. The molecule has 21 heavy (non-hydrogen) atoms. The van der Waals surface area contributed by atoms with Crippen LogP contribution >= 0.6 is 11.8 Å². The van der Waals surface area contributed by atoms with Crippen molar-refractivity contribution in [1.29, 1.82) is 0 Å². The number of tetrazole rings is 1. The van der Waals surface area contributed by atoms with Crippen LogP contribution in [0.1, 0.15) is 47.6 Å². The summed E-state index contributed by atoms with van der Waals surface area (Å²) in [4.78, 5) is 12.0. The van der Waals surface area contributed by atoms with Crippen LogP contribution in [-0.2, 0) is 0 Å². The summed E-state index contributed by atoms with van der Waals surface area (Å²) in [7, 11) is 0. The van der Waals surface area contributed by atoms with Crippen molar-refractivity contribution >= 4 is 17.7 Å². The fourth-order valence-electron chi connectivity index (χ4n) is 2.68. The summed E-state index contributed by atoms with van der Waals surface area (Å²) in [6.07, 6.45) is 4.69. The second-order valence-corrected chi connectivity index (χ2v) is 6.27. The van der Waals surface area contributed by atoms with Crippen LogP contribution < -0.4 is 0 Å². The molecule has 0 saturated heterocycles. The van der Waals surface area contributed by atoms with E-state index in [1.165, 1.54) is 24.6 Å². The first kappa shape index (κ1) is 14.1. The fraction of sp³-hybridized carbons (Fsp3) is 0.429. The van der Waals surface area contributed by atoms with E-state index in [0.29, 0.717) is 11.6 Å². The Morgan fingerprint density at radius 2 is 2.14 bits per heavy atom. The molecule has 1 N–H and O–H groups in total. The zero-order valence-corrected chi connectivity index (χ0v) is 12.5. The van der Waals surface area contributed by atoms with Gasteiger partial charge in [-0.05, 0) is 65.7 Å². The third-order valence-corrected chi connectivity index (χ3v) is 4.71. The first-order valence-corrected chi connectivity index (χ1v) is 7.76. The van der Waals surface area contributed by atoms with Crippen LogP contribution in [0.15, 0.2) is 28.3 Å². The Balaban J connectivity index is 1.82. The third kappa shape index (κ3) is 2.92. The van der Waals surface area contributed by atoms with Crippen molar-refractivity contribution in [2.75, 3.05) is 0 Å². The van der Waals surface area contributed by atoms with E-state index in [2.05, 4.69) is 15.5 Å². The van der Waals surface area contributed by atoms with E-state index in [1.807, 2.05) is 10.7 Å². The molecule has 0 atom stereocenters. The smallest absolute Gasteiger partial charge is 0.335 e. The number of aromatic carboxylic acids is 1. The van der Waals surface area contributed by atoms with Gasteiger partial charge in [-0.1, -0.05) is 12.8 Å². The van der Waals surface area contributed by atoms with Gasteiger partial charge in [0.15, 0.2) is 0 Å². The normalized spacial score (nSPS) is 15.5. The van der Waals surface area contributed by atoms with E-state index in [-0.39, 0.29) is 0 Å². The Morgan fingerprint density at radius 1 is 1.38 bits per heavy atom. The van der Waals surface area contributed by atoms with E-state index in [0.717, 1.165) is 28.5 Å². The second-order valence-electron chi connectivity index (χ2n) is 5.23. The zero-order valence-electron chi connectivity index (χ0n) is 11.7. The van der Waals surface area contributed by atoms with E-state index in [1.54, 1.807) is 19.1 Å². The van der Waals surface area contributed by atoms with Crippen molar-refractivity contribution in [2.24, 2.45) is 0 Å². The summed E-state index contributed by atoms with van der Waals surface area (Å²) in [5.74, 6) is -0.903. The molecule has 0 bridgehead atoms. The van der Waals surface area contributed by atoms with Crippen molar-refractivity contribution in [3.8, 4) is 0 Å². The van der Waals surface area contributed by atoms with Crippen LogP contribution in [0.3, 0.4) is 0 Å². The van der Waals surface area contributed by atoms with E-state index < -0.39 is 5.97 Å². The highest BCUT2D eigenvalue weighted by Crippen LogP contribution is 2.34. The van der Waals surface area contributed by atoms with Crippen LogP contribution in [0.2, 0.25) is 0 Å². The Kier molecular flexibility index (Phi) is 3.92. The van der Waals surface area contributed by atoms with E-state index in [9.17, 15) is 4.79 Å². The number of rotatable bonds is 4. The molecule has 1 heterocycles. The van der Waals surface area contributed by atoms with Gasteiger partial charge in [-0.25, -0.2) is 9.48 Å². The molecular formula is C14H16N4O2S. The average Bonchev–Trinajstić information content (AvgIpc) is 3.08. The number of nitrogens with zero attached hydrogens (tertiary/aromatic N) is 4. The minimum absolute atomic E-state index is 0.328. The molecule has 6 nitrogen and oxygen atoms in total. The summed E-state index contributed by atoms with van der Waals surface area (Å²) >= 11 is 1.48. The number of carbonyl (C=O) groups is 1. The van der Waals surface area contributed by atoms with Crippen molar-refractivity contribution in [3.05, 3.63) is 29.3 Å². The van der Waals surface area contributed by atoms with E-state index >= 15 is 0 Å². The SMILES string of the molecule is Cc1cc(Sc2nnnn2C2CCCC2)ccc1C(=O)O. The summed E-state index contributed by atoms with van der Waals surface area (Å²) in [5, 5.41) is 21.8. The quantitative estimate of drug-likeness (QED) is 0.935. The maximum Gasteiger partial charge on any atom is 0.335 e. The van der Waals surface area contributed by atoms with Crippen LogP contribution in [0, 0.1) is 6.92 Å². The van der Waals surface area contributed by atoms with Gasteiger partial charge in [0.25, 0.3) is 0 Å². The lowest BCUT2D eigenvalue weighted by Crippen LogP contribution is -2.08. The Morgan fingerprint density at radius 3 is 2.81 bits per heavy atom.